The van der Waals surface area contributed by atoms with Crippen molar-refractivity contribution in [3.8, 4) is 11.1 Å². The van der Waals surface area contributed by atoms with E-state index in [-0.39, 0.29) is 29.9 Å². The highest BCUT2D eigenvalue weighted by Crippen LogP contribution is 2.42. The van der Waals surface area contributed by atoms with E-state index in [1.807, 2.05) is 73.0 Å². The van der Waals surface area contributed by atoms with E-state index in [0.717, 1.165) is 42.7 Å². The molecule has 36 heavy (non-hydrogen) atoms. The van der Waals surface area contributed by atoms with Gasteiger partial charge in [-0.05, 0) is 69.0 Å². The molecule has 2 aromatic rings. The summed E-state index contributed by atoms with van der Waals surface area (Å²) in [6.07, 6.45) is 1.19. The van der Waals surface area contributed by atoms with Gasteiger partial charge < -0.3 is 19.9 Å². The van der Waals surface area contributed by atoms with Gasteiger partial charge in [0.15, 0.2) is 0 Å². The van der Waals surface area contributed by atoms with Crippen LogP contribution >= 0.6 is 0 Å². The van der Waals surface area contributed by atoms with Gasteiger partial charge in [0.2, 0.25) is 5.91 Å². The van der Waals surface area contributed by atoms with Crippen molar-refractivity contribution in [2.45, 2.75) is 45.8 Å². The predicted octanol–water partition coefficient (Wildman–Crippen LogP) is 3.90. The number of nitrogens with one attached hydrogen (secondary N) is 1. The van der Waals surface area contributed by atoms with Gasteiger partial charge >= 0.3 is 6.09 Å². The Bertz CT molecular complexity index is 1150. The molecule has 1 unspecified atom stereocenters. The number of benzene rings is 2. The summed E-state index contributed by atoms with van der Waals surface area (Å²) in [7, 11) is 0. The minimum absolute atomic E-state index is 0.0410. The van der Waals surface area contributed by atoms with Crippen LogP contribution in [0.25, 0.3) is 11.1 Å². The Balaban J connectivity index is 1.46. The third kappa shape index (κ3) is 4.82. The van der Waals surface area contributed by atoms with Crippen molar-refractivity contribution < 1.29 is 19.1 Å². The highest BCUT2D eigenvalue weighted by molar-refractivity contribution is 6.05. The van der Waals surface area contributed by atoms with Crippen LogP contribution in [0.1, 0.15) is 44.0 Å². The minimum Gasteiger partial charge on any atom is -0.446 e. The second-order valence-electron chi connectivity index (χ2n) is 10.2. The molecule has 1 saturated carbocycles. The number of ether oxygens (including phenoxy) is 1. The minimum atomic E-state index is -0.411. The first-order chi connectivity index (χ1) is 17.3. The van der Waals surface area contributed by atoms with E-state index in [2.05, 4.69) is 5.32 Å². The lowest BCUT2D eigenvalue weighted by Crippen LogP contribution is -2.52. The molecule has 3 aliphatic rings. The molecule has 1 atom stereocenters. The second-order valence-corrected chi connectivity index (χ2v) is 10.2. The van der Waals surface area contributed by atoms with E-state index in [0.29, 0.717) is 30.9 Å². The zero-order valence-corrected chi connectivity index (χ0v) is 21.2. The number of rotatable bonds is 4. The fourth-order valence-corrected chi connectivity index (χ4v) is 4.96. The fourth-order valence-electron chi connectivity index (χ4n) is 4.96. The summed E-state index contributed by atoms with van der Waals surface area (Å²) in [5.41, 5.74) is 3.92. The lowest BCUT2D eigenvalue weighted by atomic mass is 9.99. The molecule has 190 valence electrons. The molecule has 8 nitrogen and oxygen atoms in total. The quantitative estimate of drug-likeness (QED) is 0.703. The average Bonchev–Trinajstić information content (AvgIpc) is 3.73. The molecule has 2 fully saturated rings. The third-order valence-electron chi connectivity index (χ3n) is 7.00. The third-order valence-corrected chi connectivity index (χ3v) is 7.00. The van der Waals surface area contributed by atoms with Crippen molar-refractivity contribution in [1.82, 2.24) is 10.2 Å². The van der Waals surface area contributed by atoms with Crippen molar-refractivity contribution in [1.29, 1.82) is 0 Å². The Morgan fingerprint density at radius 1 is 0.944 bits per heavy atom. The molecule has 0 bridgehead atoms. The van der Waals surface area contributed by atoms with Crippen LogP contribution in [-0.4, -0.2) is 67.7 Å². The summed E-state index contributed by atoms with van der Waals surface area (Å²) in [5.74, 6) is 0.248. The second kappa shape index (κ2) is 9.93. The van der Waals surface area contributed by atoms with Crippen molar-refractivity contribution in [3.05, 3.63) is 48.0 Å². The Morgan fingerprint density at radius 2 is 1.61 bits per heavy atom. The first-order valence-corrected chi connectivity index (χ1v) is 12.9. The van der Waals surface area contributed by atoms with Crippen LogP contribution in [0.5, 0.6) is 0 Å². The Morgan fingerprint density at radius 3 is 2.25 bits per heavy atom. The number of anilines is 2. The van der Waals surface area contributed by atoms with Gasteiger partial charge in [-0.1, -0.05) is 18.2 Å². The first kappa shape index (κ1) is 24.3. The molecule has 8 heteroatoms. The average molecular weight is 491 g/mol. The number of hydrogen-bond acceptors (Lipinski definition) is 5. The summed E-state index contributed by atoms with van der Waals surface area (Å²) >= 11 is 0. The molecule has 0 spiro atoms. The van der Waals surface area contributed by atoms with Crippen molar-refractivity contribution in [3.63, 3.8) is 0 Å². The highest BCUT2D eigenvalue weighted by atomic mass is 16.6. The maximum atomic E-state index is 13.1. The molecule has 1 N–H and O–H groups in total. The van der Waals surface area contributed by atoms with Crippen LogP contribution in [0.4, 0.5) is 16.2 Å². The number of fused-ring (bicyclic) bond motifs is 1. The molecule has 1 aliphatic carbocycles. The molecule has 2 aliphatic heterocycles. The number of hydrogen-bond donors (Lipinski definition) is 1. The van der Waals surface area contributed by atoms with E-state index in [1.54, 1.807) is 4.90 Å². The molecule has 2 heterocycles. The lowest BCUT2D eigenvalue weighted by Gasteiger charge is -2.41. The van der Waals surface area contributed by atoms with Gasteiger partial charge in [-0.25, -0.2) is 4.79 Å². The van der Waals surface area contributed by atoms with E-state index in [9.17, 15) is 14.4 Å². The summed E-state index contributed by atoms with van der Waals surface area (Å²) < 4.78 is 5.53. The van der Waals surface area contributed by atoms with Crippen LogP contribution in [0.3, 0.4) is 0 Å². The predicted molar refractivity (Wildman–Crippen MR) is 139 cm³/mol. The summed E-state index contributed by atoms with van der Waals surface area (Å²) in [5, 5.41) is 3.27. The van der Waals surface area contributed by atoms with Gasteiger partial charge in [0.1, 0.15) is 0 Å². The van der Waals surface area contributed by atoms with E-state index < -0.39 is 6.09 Å². The first-order valence-electron chi connectivity index (χ1n) is 12.9. The van der Waals surface area contributed by atoms with E-state index >= 15 is 0 Å². The van der Waals surface area contributed by atoms with Crippen LogP contribution in [0.15, 0.2) is 42.5 Å². The molecule has 1 saturated heterocycles. The molecule has 2 aromatic carbocycles. The zero-order chi connectivity index (χ0) is 25.4. The maximum Gasteiger partial charge on any atom is 0.414 e. The van der Waals surface area contributed by atoms with Crippen LogP contribution in [0.2, 0.25) is 0 Å². The Kier molecular flexibility index (Phi) is 6.71. The standard InChI is InChI=1S/C28H34N4O4/c1-18(2)36-28(35)31-17-19(3)32(27(34)22-8-9-22)24-11-10-23(16-25(24)31)20-4-6-21(7-5-20)26(33)30-14-12-29-13-15-30/h4-7,10-11,16,18-19,22,29H,8-9,12-15,17H2,1-3H3. The van der Waals surface area contributed by atoms with Crippen molar-refractivity contribution in [2.75, 3.05) is 42.5 Å². The molecule has 0 radical (unpaired) electrons. The molecule has 5 rings (SSSR count). The van der Waals surface area contributed by atoms with Gasteiger partial charge in [0.25, 0.3) is 5.91 Å². The Labute approximate surface area is 212 Å². The zero-order valence-electron chi connectivity index (χ0n) is 21.2. The number of amides is 3. The maximum absolute atomic E-state index is 13.1. The fraction of sp³-hybridized carbons (Fsp3) is 0.464. The van der Waals surface area contributed by atoms with Crippen LogP contribution in [-0.2, 0) is 9.53 Å². The normalized spacial score (nSPS) is 19.8. The van der Waals surface area contributed by atoms with Crippen molar-refractivity contribution >= 4 is 29.3 Å². The van der Waals surface area contributed by atoms with Crippen molar-refractivity contribution in [2.24, 2.45) is 5.92 Å². The van der Waals surface area contributed by atoms with Gasteiger partial charge in [0.05, 0.1) is 23.5 Å². The number of carbonyl (C=O) groups excluding carboxylic acids is 3. The molecule has 0 aromatic heterocycles. The topological polar surface area (TPSA) is 82.2 Å². The Hall–Kier alpha value is -3.39. The summed E-state index contributed by atoms with van der Waals surface area (Å²) in [6, 6.07) is 13.3. The molecular weight excluding hydrogens is 456 g/mol. The summed E-state index contributed by atoms with van der Waals surface area (Å²) in [6.45, 7) is 9.05. The monoisotopic (exact) mass is 490 g/mol. The number of nitrogens with zero attached hydrogens (tertiary/aromatic N) is 3. The van der Waals surface area contributed by atoms with Crippen LogP contribution in [0, 0.1) is 5.92 Å². The van der Waals surface area contributed by atoms with E-state index in [1.165, 1.54) is 0 Å². The molecule has 3 amide bonds. The molecular formula is C28H34N4O4. The summed E-state index contributed by atoms with van der Waals surface area (Å²) in [4.78, 5) is 44.3. The van der Waals surface area contributed by atoms with Gasteiger partial charge in [-0.15, -0.1) is 0 Å². The SMILES string of the molecule is CC(C)OC(=O)N1CC(C)N(C(=O)C2CC2)c2ccc(-c3ccc(C(=O)N4CCNCC4)cc3)cc21. The largest absolute Gasteiger partial charge is 0.446 e. The van der Waals surface area contributed by atoms with Gasteiger partial charge in [-0.2, -0.15) is 0 Å². The number of carbonyl (C=O) groups is 3. The smallest absolute Gasteiger partial charge is 0.414 e. The van der Waals surface area contributed by atoms with Crippen LogP contribution < -0.4 is 15.1 Å². The van der Waals surface area contributed by atoms with E-state index in [4.69, 9.17) is 4.74 Å². The number of piperazine rings is 1. The van der Waals surface area contributed by atoms with Gasteiger partial charge in [0, 0.05) is 44.2 Å². The highest BCUT2D eigenvalue weighted by Gasteiger charge is 2.41. The lowest BCUT2D eigenvalue weighted by molar-refractivity contribution is -0.120. The van der Waals surface area contributed by atoms with Gasteiger partial charge in [-0.3, -0.25) is 14.5 Å².